The molecule has 0 aromatic heterocycles. The van der Waals surface area contributed by atoms with Crippen LogP contribution in [-0.4, -0.2) is 11.7 Å². The van der Waals surface area contributed by atoms with Crippen molar-refractivity contribution in [3.05, 3.63) is 70.2 Å². The summed E-state index contributed by atoms with van der Waals surface area (Å²) in [5.74, 6) is 0. The van der Waals surface area contributed by atoms with E-state index in [1.807, 2.05) is 31.2 Å². The van der Waals surface area contributed by atoms with Crippen molar-refractivity contribution in [1.82, 2.24) is 0 Å². The summed E-state index contributed by atoms with van der Waals surface area (Å²) in [4.78, 5) is 0. The van der Waals surface area contributed by atoms with Crippen LogP contribution in [0.15, 0.2) is 48.5 Å². The summed E-state index contributed by atoms with van der Waals surface area (Å²) in [5, 5.41) is 11.4. The minimum atomic E-state index is -1.17. The maximum absolute atomic E-state index is 10.8. The zero-order chi connectivity index (χ0) is 13.2. The first-order valence-corrected chi connectivity index (χ1v) is 6.20. The average molecular weight is 262 g/mol. The SMILES string of the molecule is Cc1ccc(C(O)(CN)c2ccc(Cl)cc2)cc1. The molecule has 0 radical (unpaired) electrons. The summed E-state index contributed by atoms with van der Waals surface area (Å²) in [6.45, 7) is 2.13. The first kappa shape index (κ1) is 13.1. The van der Waals surface area contributed by atoms with Crippen LogP contribution in [0.1, 0.15) is 16.7 Å². The Morgan fingerprint density at radius 1 is 1.00 bits per heavy atom. The van der Waals surface area contributed by atoms with E-state index in [4.69, 9.17) is 17.3 Å². The maximum Gasteiger partial charge on any atom is 0.127 e. The van der Waals surface area contributed by atoms with Gasteiger partial charge in [-0.25, -0.2) is 0 Å². The lowest BCUT2D eigenvalue weighted by molar-refractivity contribution is 0.0902. The van der Waals surface area contributed by atoms with E-state index in [0.29, 0.717) is 5.02 Å². The van der Waals surface area contributed by atoms with Gasteiger partial charge in [-0.05, 0) is 30.2 Å². The van der Waals surface area contributed by atoms with Crippen LogP contribution >= 0.6 is 11.6 Å². The highest BCUT2D eigenvalue weighted by Crippen LogP contribution is 2.29. The van der Waals surface area contributed by atoms with Crippen molar-refractivity contribution in [3.63, 3.8) is 0 Å². The molecule has 18 heavy (non-hydrogen) atoms. The van der Waals surface area contributed by atoms with E-state index in [0.717, 1.165) is 16.7 Å². The molecule has 0 amide bonds. The molecular formula is C15H16ClNO. The van der Waals surface area contributed by atoms with Crippen molar-refractivity contribution < 1.29 is 5.11 Å². The molecule has 3 heteroatoms. The summed E-state index contributed by atoms with van der Waals surface area (Å²) < 4.78 is 0. The van der Waals surface area contributed by atoms with E-state index in [-0.39, 0.29) is 6.54 Å². The van der Waals surface area contributed by atoms with Crippen LogP contribution in [0.2, 0.25) is 5.02 Å². The van der Waals surface area contributed by atoms with E-state index >= 15 is 0 Å². The molecule has 0 fully saturated rings. The fraction of sp³-hybridized carbons (Fsp3) is 0.200. The molecule has 94 valence electrons. The van der Waals surface area contributed by atoms with Crippen molar-refractivity contribution in [2.24, 2.45) is 5.73 Å². The van der Waals surface area contributed by atoms with Gasteiger partial charge in [0.05, 0.1) is 0 Å². The van der Waals surface area contributed by atoms with Crippen LogP contribution in [0.4, 0.5) is 0 Å². The summed E-state index contributed by atoms with van der Waals surface area (Å²) in [6, 6.07) is 14.8. The van der Waals surface area contributed by atoms with Gasteiger partial charge < -0.3 is 10.8 Å². The Kier molecular flexibility index (Phi) is 3.71. The largest absolute Gasteiger partial charge is 0.379 e. The number of hydrogen-bond donors (Lipinski definition) is 2. The highest BCUT2D eigenvalue weighted by atomic mass is 35.5. The zero-order valence-corrected chi connectivity index (χ0v) is 11.0. The fourth-order valence-electron chi connectivity index (χ4n) is 1.96. The van der Waals surface area contributed by atoms with Crippen LogP contribution in [0.25, 0.3) is 0 Å². The standard InChI is InChI=1S/C15H16ClNO/c1-11-2-4-12(5-3-11)15(18,10-17)13-6-8-14(16)9-7-13/h2-9,18H,10,17H2,1H3. The molecule has 1 unspecified atom stereocenters. The van der Waals surface area contributed by atoms with Gasteiger partial charge in [-0.2, -0.15) is 0 Å². The molecule has 2 aromatic carbocycles. The molecule has 0 saturated heterocycles. The van der Waals surface area contributed by atoms with Gasteiger partial charge in [-0.1, -0.05) is 53.6 Å². The topological polar surface area (TPSA) is 46.2 Å². The van der Waals surface area contributed by atoms with Gasteiger partial charge >= 0.3 is 0 Å². The third-order valence-corrected chi connectivity index (χ3v) is 3.40. The second kappa shape index (κ2) is 5.11. The summed E-state index contributed by atoms with van der Waals surface area (Å²) in [5.41, 5.74) is 7.28. The summed E-state index contributed by atoms with van der Waals surface area (Å²) in [7, 11) is 0. The van der Waals surface area contributed by atoms with E-state index in [1.54, 1.807) is 24.3 Å². The minimum absolute atomic E-state index is 0.123. The third-order valence-electron chi connectivity index (χ3n) is 3.15. The van der Waals surface area contributed by atoms with Crippen molar-refractivity contribution >= 4 is 11.6 Å². The lowest BCUT2D eigenvalue weighted by Gasteiger charge is -2.28. The smallest absolute Gasteiger partial charge is 0.127 e. The molecule has 3 N–H and O–H groups in total. The Labute approximate surface area is 112 Å². The Bertz CT molecular complexity index is 474. The molecule has 0 aliphatic rings. The van der Waals surface area contributed by atoms with Crippen molar-refractivity contribution in [2.75, 3.05) is 6.54 Å². The monoisotopic (exact) mass is 261 g/mol. The molecule has 2 aromatic rings. The molecular weight excluding hydrogens is 246 g/mol. The second-order valence-electron chi connectivity index (χ2n) is 4.44. The molecule has 0 spiro atoms. The molecule has 2 rings (SSSR count). The zero-order valence-electron chi connectivity index (χ0n) is 10.2. The molecule has 1 atom stereocenters. The molecule has 0 heterocycles. The van der Waals surface area contributed by atoms with Crippen LogP contribution in [0.3, 0.4) is 0 Å². The predicted octanol–water partition coefficient (Wildman–Crippen LogP) is 2.84. The normalized spacial score (nSPS) is 14.2. The van der Waals surface area contributed by atoms with Gasteiger partial charge in [0.1, 0.15) is 5.60 Å². The van der Waals surface area contributed by atoms with E-state index in [9.17, 15) is 5.11 Å². The number of benzene rings is 2. The Hall–Kier alpha value is -1.35. The minimum Gasteiger partial charge on any atom is -0.379 e. The summed E-state index contributed by atoms with van der Waals surface area (Å²) >= 11 is 5.86. The predicted molar refractivity (Wildman–Crippen MR) is 74.7 cm³/mol. The van der Waals surface area contributed by atoms with Gasteiger partial charge in [-0.15, -0.1) is 0 Å². The van der Waals surface area contributed by atoms with Gasteiger partial charge in [-0.3, -0.25) is 0 Å². The molecule has 2 nitrogen and oxygen atoms in total. The first-order chi connectivity index (χ1) is 8.56. The van der Waals surface area contributed by atoms with E-state index in [2.05, 4.69) is 0 Å². The fourth-order valence-corrected chi connectivity index (χ4v) is 2.08. The first-order valence-electron chi connectivity index (χ1n) is 5.82. The number of hydrogen-bond acceptors (Lipinski definition) is 2. The van der Waals surface area contributed by atoms with Crippen molar-refractivity contribution in [3.8, 4) is 0 Å². The average Bonchev–Trinajstić information content (AvgIpc) is 2.39. The van der Waals surface area contributed by atoms with Gasteiger partial charge in [0.15, 0.2) is 0 Å². The van der Waals surface area contributed by atoms with Gasteiger partial charge in [0.2, 0.25) is 0 Å². The number of aliphatic hydroxyl groups is 1. The molecule has 0 saturated carbocycles. The number of halogens is 1. The highest BCUT2D eigenvalue weighted by molar-refractivity contribution is 6.30. The maximum atomic E-state index is 10.8. The Balaban J connectivity index is 2.47. The van der Waals surface area contributed by atoms with Crippen molar-refractivity contribution in [1.29, 1.82) is 0 Å². The Morgan fingerprint density at radius 3 is 1.89 bits per heavy atom. The van der Waals surface area contributed by atoms with Crippen LogP contribution < -0.4 is 5.73 Å². The molecule has 0 aliphatic heterocycles. The van der Waals surface area contributed by atoms with Gasteiger partial charge in [0.25, 0.3) is 0 Å². The van der Waals surface area contributed by atoms with Gasteiger partial charge in [0, 0.05) is 11.6 Å². The number of nitrogens with two attached hydrogens (primary N) is 1. The third kappa shape index (κ3) is 2.41. The molecule has 0 bridgehead atoms. The quantitative estimate of drug-likeness (QED) is 0.893. The molecule has 0 aliphatic carbocycles. The lowest BCUT2D eigenvalue weighted by atomic mass is 9.86. The van der Waals surface area contributed by atoms with E-state index in [1.165, 1.54) is 0 Å². The number of aryl methyl sites for hydroxylation is 1. The second-order valence-corrected chi connectivity index (χ2v) is 4.87. The Morgan fingerprint density at radius 2 is 1.44 bits per heavy atom. The highest BCUT2D eigenvalue weighted by Gasteiger charge is 2.29. The van der Waals surface area contributed by atoms with E-state index < -0.39 is 5.60 Å². The number of rotatable bonds is 3. The summed E-state index contributed by atoms with van der Waals surface area (Å²) in [6.07, 6.45) is 0. The van der Waals surface area contributed by atoms with Crippen LogP contribution in [0, 0.1) is 6.92 Å². The van der Waals surface area contributed by atoms with Crippen LogP contribution in [-0.2, 0) is 5.60 Å². The lowest BCUT2D eigenvalue weighted by Crippen LogP contribution is -2.36. The van der Waals surface area contributed by atoms with Crippen molar-refractivity contribution in [2.45, 2.75) is 12.5 Å². The van der Waals surface area contributed by atoms with Crippen LogP contribution in [0.5, 0.6) is 0 Å².